The number of esters is 1. The zero-order chi connectivity index (χ0) is 35.1. The van der Waals surface area contributed by atoms with Crippen molar-refractivity contribution in [3.8, 4) is 0 Å². The van der Waals surface area contributed by atoms with E-state index in [1.54, 1.807) is 4.90 Å². The summed E-state index contributed by atoms with van der Waals surface area (Å²) in [5.41, 5.74) is 2.61. The van der Waals surface area contributed by atoms with Gasteiger partial charge in [0.1, 0.15) is 0 Å². The van der Waals surface area contributed by atoms with E-state index in [9.17, 15) is 19.5 Å². The van der Waals surface area contributed by atoms with E-state index in [1.165, 1.54) is 18.3 Å². The number of piperidine rings is 1. The number of hydrogen-bond acceptors (Lipinski definition) is 6. The third kappa shape index (κ3) is 7.17. The van der Waals surface area contributed by atoms with Gasteiger partial charge >= 0.3 is 5.97 Å². The van der Waals surface area contributed by atoms with Crippen molar-refractivity contribution >= 4 is 17.8 Å². The average molecular weight is 668 g/mol. The van der Waals surface area contributed by atoms with E-state index in [2.05, 4.69) is 65.3 Å². The highest BCUT2D eigenvalue weighted by atomic mass is 16.5. The highest BCUT2D eigenvalue weighted by molar-refractivity contribution is 5.87. The van der Waals surface area contributed by atoms with Gasteiger partial charge < -0.3 is 20.5 Å². The van der Waals surface area contributed by atoms with Crippen molar-refractivity contribution in [1.82, 2.24) is 15.5 Å². The van der Waals surface area contributed by atoms with Crippen molar-refractivity contribution in [2.75, 3.05) is 13.7 Å². The van der Waals surface area contributed by atoms with Crippen LogP contribution in [0.15, 0.2) is 24.3 Å². The molecule has 8 nitrogen and oxygen atoms in total. The Morgan fingerprint density at radius 2 is 1.23 bits per heavy atom. The molecule has 4 saturated carbocycles. The first kappa shape index (κ1) is 37.1. The Labute approximate surface area is 290 Å². The van der Waals surface area contributed by atoms with Gasteiger partial charge in [-0.05, 0) is 112 Å². The predicted molar refractivity (Wildman–Crippen MR) is 190 cm³/mol. The third-order valence-electron chi connectivity index (χ3n) is 13.9. The lowest BCUT2D eigenvalue weighted by Gasteiger charge is -2.55. The van der Waals surface area contributed by atoms with Gasteiger partial charge in [0, 0.05) is 23.9 Å². The molecule has 48 heavy (non-hydrogen) atoms. The number of nitrogens with one attached hydrogen (secondary N) is 2. The van der Waals surface area contributed by atoms with E-state index >= 15 is 0 Å². The topological polar surface area (TPSA) is 108 Å². The smallest absolute Gasteiger partial charge is 0.319 e. The molecule has 1 heterocycles. The van der Waals surface area contributed by atoms with Crippen LogP contribution in [0.25, 0.3) is 0 Å². The second-order valence-corrected chi connectivity index (χ2v) is 17.7. The van der Waals surface area contributed by atoms with Crippen molar-refractivity contribution < 1.29 is 24.2 Å². The van der Waals surface area contributed by atoms with Gasteiger partial charge in [-0.1, -0.05) is 65.8 Å². The molecule has 4 aliphatic carbocycles. The number of hydrogen-bond donors (Lipinski definition) is 3. The number of carbonyl (C=O) groups is 3. The third-order valence-corrected chi connectivity index (χ3v) is 13.9. The number of amides is 2. The van der Waals surface area contributed by atoms with Crippen LogP contribution in [0.3, 0.4) is 0 Å². The average Bonchev–Trinajstić information content (AvgIpc) is 3.00. The number of aliphatic hydroxyl groups is 1. The number of carbonyl (C=O) groups excluding carboxylic acids is 3. The molecule has 2 amide bonds. The molecule has 0 aromatic heterocycles. The molecule has 8 heteroatoms. The lowest BCUT2D eigenvalue weighted by Crippen LogP contribution is -2.66. The molecular formula is C40H65N3O5. The monoisotopic (exact) mass is 667 g/mol. The number of aliphatic hydroxyl groups excluding tert-OH is 1. The lowest BCUT2D eigenvalue weighted by atomic mass is 9.53. The fourth-order valence-corrected chi connectivity index (χ4v) is 11.3. The number of likely N-dealkylation sites (tertiary alicyclic amines) is 1. The molecule has 1 saturated heterocycles. The molecule has 0 spiro atoms. The fourth-order valence-electron chi connectivity index (χ4n) is 11.3. The summed E-state index contributed by atoms with van der Waals surface area (Å²) in [5.74, 6) is 0.742. The Kier molecular flexibility index (Phi) is 11.3. The van der Waals surface area contributed by atoms with Crippen molar-refractivity contribution in [2.45, 2.75) is 149 Å². The highest BCUT2D eigenvalue weighted by Crippen LogP contribution is 2.56. The summed E-state index contributed by atoms with van der Waals surface area (Å²) in [6.07, 6.45) is 10.2. The molecule has 3 N–H and O–H groups in total. The maximum Gasteiger partial charge on any atom is 0.319 e. The first-order valence-electron chi connectivity index (χ1n) is 19.1. The Morgan fingerprint density at radius 3 is 1.60 bits per heavy atom. The second kappa shape index (κ2) is 14.6. The minimum atomic E-state index is -0.852. The zero-order valence-electron chi connectivity index (χ0n) is 31.0. The Balaban J connectivity index is 1.44. The van der Waals surface area contributed by atoms with Gasteiger partial charge in [0.25, 0.3) is 0 Å². The summed E-state index contributed by atoms with van der Waals surface area (Å²) in [7, 11) is 1.33. The molecule has 0 aromatic carbocycles. The molecule has 270 valence electrons. The summed E-state index contributed by atoms with van der Waals surface area (Å²) in [4.78, 5) is 43.7. The number of nitrogens with zero attached hydrogens (tertiary/aromatic N) is 1. The van der Waals surface area contributed by atoms with E-state index in [1.807, 2.05) is 0 Å². The summed E-state index contributed by atoms with van der Waals surface area (Å²) < 4.78 is 5.10. The van der Waals surface area contributed by atoms with E-state index in [4.69, 9.17) is 4.74 Å². The van der Waals surface area contributed by atoms with Gasteiger partial charge in [0.15, 0.2) is 0 Å². The maximum absolute atomic E-state index is 14.5. The first-order chi connectivity index (χ1) is 22.6. The van der Waals surface area contributed by atoms with Crippen molar-refractivity contribution in [3.63, 3.8) is 0 Å². The van der Waals surface area contributed by atoms with Gasteiger partial charge in [-0.25, -0.2) is 0 Å². The van der Waals surface area contributed by atoms with Crippen molar-refractivity contribution in [3.05, 3.63) is 24.3 Å². The number of methoxy groups -OCH3 is 1. The van der Waals surface area contributed by atoms with Crippen molar-refractivity contribution in [2.24, 2.45) is 46.3 Å². The van der Waals surface area contributed by atoms with Crippen LogP contribution in [-0.2, 0) is 19.1 Å². The summed E-state index contributed by atoms with van der Waals surface area (Å²) in [6, 6.07) is -1.86. The van der Waals surface area contributed by atoms with Crippen LogP contribution in [0.4, 0.5) is 0 Å². The lowest BCUT2D eigenvalue weighted by molar-refractivity contribution is -0.151. The van der Waals surface area contributed by atoms with E-state index in [-0.39, 0.29) is 66.0 Å². The van der Waals surface area contributed by atoms with Crippen LogP contribution < -0.4 is 10.6 Å². The second-order valence-electron chi connectivity index (χ2n) is 17.7. The van der Waals surface area contributed by atoms with Gasteiger partial charge in [-0.15, -0.1) is 0 Å². The summed E-state index contributed by atoms with van der Waals surface area (Å²) in [5, 5.41) is 18.2. The van der Waals surface area contributed by atoms with Crippen LogP contribution in [0.5, 0.6) is 0 Å². The zero-order valence-corrected chi connectivity index (χ0v) is 31.0. The van der Waals surface area contributed by atoms with Crippen molar-refractivity contribution in [1.29, 1.82) is 0 Å². The van der Waals surface area contributed by atoms with Crippen LogP contribution >= 0.6 is 0 Å². The van der Waals surface area contributed by atoms with E-state index in [0.29, 0.717) is 23.7 Å². The minimum absolute atomic E-state index is 0.0839. The number of rotatable bonds is 8. The van der Waals surface area contributed by atoms with Crippen LogP contribution in [0.1, 0.15) is 119 Å². The van der Waals surface area contributed by atoms with E-state index in [0.717, 1.165) is 64.2 Å². The number of fused-ring (bicyclic) bond motifs is 2. The largest absolute Gasteiger partial charge is 0.468 e. The van der Waals surface area contributed by atoms with Crippen LogP contribution in [0.2, 0.25) is 0 Å². The SMILES string of the molecule is C=C1CCC[C@]2(C)CCC(C(C)C)C(NC(=O)[C@@H]3CC(O)C[C@H](C(=O)N[C@@H]4[C@H]5C(=C)CCC[C@]5(C)CC[C@H]4C(C)C)N3CC(=O)OC)[C@@H]12. The molecule has 0 aromatic rings. The van der Waals surface area contributed by atoms with Gasteiger partial charge in [0.2, 0.25) is 11.8 Å². The Morgan fingerprint density at radius 1 is 0.812 bits per heavy atom. The van der Waals surface area contributed by atoms with Gasteiger partial charge in [-0.3, -0.25) is 19.3 Å². The minimum Gasteiger partial charge on any atom is -0.468 e. The molecule has 1 aliphatic heterocycles. The molecule has 5 aliphatic rings. The molecule has 3 unspecified atom stereocenters. The summed E-state index contributed by atoms with van der Waals surface area (Å²) >= 11 is 0. The van der Waals surface area contributed by atoms with Crippen LogP contribution in [0, 0.1) is 46.3 Å². The molecule has 11 atom stereocenters. The van der Waals surface area contributed by atoms with Gasteiger partial charge in [-0.2, -0.15) is 0 Å². The van der Waals surface area contributed by atoms with Crippen LogP contribution in [-0.4, -0.2) is 71.7 Å². The Bertz CT molecular complexity index is 1160. The molecule has 0 bridgehead atoms. The Hall–Kier alpha value is -2.19. The van der Waals surface area contributed by atoms with E-state index < -0.39 is 24.2 Å². The highest BCUT2D eigenvalue weighted by Gasteiger charge is 2.53. The fraction of sp³-hybridized carbons (Fsp3) is 0.825. The first-order valence-corrected chi connectivity index (χ1v) is 19.1. The molecular weight excluding hydrogens is 602 g/mol. The van der Waals surface area contributed by atoms with Gasteiger partial charge in [0.05, 0.1) is 31.8 Å². The number of ether oxygens (including phenoxy) is 1. The summed E-state index contributed by atoms with van der Waals surface area (Å²) in [6.45, 7) is 22.5. The normalized spacial score (nSPS) is 40.6. The quantitative estimate of drug-likeness (QED) is 0.211. The molecule has 5 rings (SSSR count). The standard InChI is InChI=1S/C40H65N3O5/c1-23(2)28-14-18-39(7)16-10-12-25(5)33(39)35(28)41-37(46)30-20-27(44)21-31(43(30)22-32(45)48-9)38(47)42-36-29(24(3)4)15-19-40(8)17-11-13-26(6)34(36)40/h23-24,27-31,33-36,44H,5-6,10-22H2,1-4,7-9H3,(H,41,46)(H,42,47)/t27?,28-,29?,30+,31-,33+,34+,35-,36?,39+,40+/m0/s1. The molecule has 5 fully saturated rings. The maximum atomic E-state index is 14.5. The predicted octanol–water partition coefficient (Wildman–Crippen LogP) is 6.18. The molecule has 0 radical (unpaired) electrons.